The van der Waals surface area contributed by atoms with Crippen molar-refractivity contribution in [3.05, 3.63) is 64.7 Å². The van der Waals surface area contributed by atoms with Gasteiger partial charge in [-0.05, 0) is 43.3 Å². The second kappa shape index (κ2) is 7.53. The van der Waals surface area contributed by atoms with Crippen molar-refractivity contribution in [1.82, 2.24) is 0 Å². The predicted molar refractivity (Wildman–Crippen MR) is 86.5 cm³/mol. The van der Waals surface area contributed by atoms with Gasteiger partial charge >= 0.3 is 0 Å². The maximum Gasteiger partial charge on any atom is 0.282 e. The summed E-state index contributed by atoms with van der Waals surface area (Å²) in [5.74, 6) is -0.988. The van der Waals surface area contributed by atoms with Gasteiger partial charge in [0.15, 0.2) is 6.04 Å². The molecule has 2 aromatic carbocycles. The van der Waals surface area contributed by atoms with Gasteiger partial charge in [-0.3, -0.25) is 4.79 Å². The van der Waals surface area contributed by atoms with Crippen LogP contribution < -0.4 is 10.2 Å². The molecule has 6 heteroatoms. The van der Waals surface area contributed by atoms with Crippen LogP contribution in [0.25, 0.3) is 0 Å². The van der Waals surface area contributed by atoms with Gasteiger partial charge in [0.1, 0.15) is 18.2 Å². The van der Waals surface area contributed by atoms with Crippen LogP contribution in [0.1, 0.15) is 12.5 Å². The van der Waals surface area contributed by atoms with Crippen LogP contribution in [0.3, 0.4) is 0 Å². The fraction of sp³-hybridized carbons (Fsp3) is 0.235. The number of rotatable bonds is 5. The smallest absolute Gasteiger partial charge is 0.282 e. The summed E-state index contributed by atoms with van der Waals surface area (Å²) in [6, 6.07) is 9.60. The lowest BCUT2D eigenvalue weighted by atomic mass is 10.1. The molecular weight excluding hydrogens is 322 g/mol. The number of nitrogens with one attached hydrogen (secondary N) is 2. The number of quaternary nitrogens is 1. The Balaban J connectivity index is 2.02. The number of carbonyl (C=O) groups is 1. The average Bonchev–Trinajstić information content (AvgIpc) is 2.52. The molecule has 2 rings (SSSR count). The van der Waals surface area contributed by atoms with E-state index in [0.717, 1.165) is 4.90 Å². The zero-order valence-corrected chi connectivity index (χ0v) is 13.6. The van der Waals surface area contributed by atoms with E-state index in [1.807, 2.05) is 0 Å². The van der Waals surface area contributed by atoms with Crippen LogP contribution in [0.4, 0.5) is 14.5 Å². The van der Waals surface area contributed by atoms with Crippen LogP contribution in [-0.2, 0) is 11.3 Å². The molecule has 2 aromatic rings. The highest BCUT2D eigenvalue weighted by Gasteiger charge is 2.24. The van der Waals surface area contributed by atoms with Gasteiger partial charge in [0.2, 0.25) is 0 Å². The zero-order valence-electron chi connectivity index (χ0n) is 12.9. The maximum absolute atomic E-state index is 13.8. The van der Waals surface area contributed by atoms with E-state index in [1.54, 1.807) is 26.1 Å². The average molecular weight is 340 g/mol. The molecule has 0 aromatic heterocycles. The molecule has 0 heterocycles. The van der Waals surface area contributed by atoms with Crippen molar-refractivity contribution in [2.24, 2.45) is 0 Å². The van der Waals surface area contributed by atoms with E-state index in [4.69, 9.17) is 11.6 Å². The fourth-order valence-corrected chi connectivity index (χ4v) is 2.37. The highest BCUT2D eigenvalue weighted by atomic mass is 35.5. The first-order valence-electron chi connectivity index (χ1n) is 7.20. The van der Waals surface area contributed by atoms with E-state index in [1.165, 1.54) is 30.3 Å². The summed E-state index contributed by atoms with van der Waals surface area (Å²) in [7, 11) is 1.79. The van der Waals surface area contributed by atoms with E-state index in [9.17, 15) is 13.6 Å². The minimum absolute atomic E-state index is 0.235. The van der Waals surface area contributed by atoms with Gasteiger partial charge in [-0.1, -0.05) is 17.7 Å². The Morgan fingerprint density at radius 2 is 1.87 bits per heavy atom. The first-order chi connectivity index (χ1) is 10.9. The first kappa shape index (κ1) is 17.4. The number of halogens is 3. The lowest BCUT2D eigenvalue weighted by Crippen LogP contribution is -3.12. The zero-order chi connectivity index (χ0) is 17.0. The van der Waals surface area contributed by atoms with Crippen LogP contribution in [0.15, 0.2) is 42.5 Å². The number of likely N-dealkylation sites (N-methyl/N-ethyl adjacent to an activating group) is 1. The van der Waals surface area contributed by atoms with Crippen molar-refractivity contribution >= 4 is 23.2 Å². The summed E-state index contributed by atoms with van der Waals surface area (Å²) in [5.41, 5.74) is 0.896. The molecule has 0 aliphatic rings. The minimum atomic E-state index is -0.435. The fourth-order valence-electron chi connectivity index (χ4n) is 2.14. The molecule has 0 saturated heterocycles. The summed E-state index contributed by atoms with van der Waals surface area (Å²) in [4.78, 5) is 13.0. The Morgan fingerprint density at radius 3 is 2.48 bits per heavy atom. The molecule has 3 nitrogen and oxygen atoms in total. The van der Waals surface area contributed by atoms with Gasteiger partial charge in [-0.2, -0.15) is 0 Å². The van der Waals surface area contributed by atoms with Crippen molar-refractivity contribution in [2.75, 3.05) is 12.4 Å². The highest BCUT2D eigenvalue weighted by Crippen LogP contribution is 2.17. The molecule has 0 bridgehead atoms. The van der Waals surface area contributed by atoms with Crippen LogP contribution in [0, 0.1) is 11.6 Å². The Labute approximate surface area is 138 Å². The molecule has 2 N–H and O–H groups in total. The van der Waals surface area contributed by atoms with Crippen LogP contribution in [-0.4, -0.2) is 19.0 Å². The normalized spacial score (nSPS) is 13.4. The Bertz CT molecular complexity index is 671. The maximum atomic E-state index is 13.8. The van der Waals surface area contributed by atoms with Gasteiger partial charge in [0.25, 0.3) is 5.91 Å². The van der Waals surface area contributed by atoms with Crippen molar-refractivity contribution < 1.29 is 18.5 Å². The van der Waals surface area contributed by atoms with Gasteiger partial charge in [-0.15, -0.1) is 0 Å². The van der Waals surface area contributed by atoms with Gasteiger partial charge in [0, 0.05) is 5.69 Å². The van der Waals surface area contributed by atoms with Gasteiger partial charge < -0.3 is 10.2 Å². The molecule has 0 aliphatic carbocycles. The Morgan fingerprint density at radius 1 is 1.22 bits per heavy atom. The van der Waals surface area contributed by atoms with E-state index >= 15 is 0 Å². The summed E-state index contributed by atoms with van der Waals surface area (Å²) in [6.07, 6.45) is 0. The molecule has 2 atom stereocenters. The van der Waals surface area contributed by atoms with Crippen molar-refractivity contribution in [2.45, 2.75) is 19.5 Å². The third kappa shape index (κ3) is 4.50. The lowest BCUT2D eigenvalue weighted by molar-refractivity contribution is -0.908. The summed E-state index contributed by atoms with van der Waals surface area (Å²) in [5, 5.41) is 3.05. The van der Waals surface area contributed by atoms with E-state index in [0.29, 0.717) is 16.3 Å². The number of amides is 1. The van der Waals surface area contributed by atoms with Crippen molar-refractivity contribution in [1.29, 1.82) is 0 Å². The quantitative estimate of drug-likeness (QED) is 0.862. The molecule has 0 spiro atoms. The van der Waals surface area contributed by atoms with Crippen molar-refractivity contribution in [3.8, 4) is 0 Å². The molecule has 1 amide bonds. The molecule has 0 saturated carbocycles. The molecule has 0 aliphatic heterocycles. The SMILES string of the molecule is C[C@@H](C(=O)Nc1ccc(F)cc1)[NH+](C)Cc1c(F)cccc1Cl. The number of anilines is 1. The van der Waals surface area contributed by atoms with Crippen LogP contribution in [0.2, 0.25) is 5.02 Å². The summed E-state index contributed by atoms with van der Waals surface area (Å²) >= 11 is 6.01. The van der Waals surface area contributed by atoms with Gasteiger partial charge in [0.05, 0.1) is 17.6 Å². The first-order valence-corrected chi connectivity index (χ1v) is 7.58. The van der Waals surface area contributed by atoms with Crippen LogP contribution >= 0.6 is 11.6 Å². The monoisotopic (exact) mass is 339 g/mol. The molecule has 0 radical (unpaired) electrons. The number of hydrogen-bond donors (Lipinski definition) is 2. The van der Waals surface area contributed by atoms with Gasteiger partial charge in [-0.25, -0.2) is 8.78 Å². The number of carbonyl (C=O) groups excluding carboxylic acids is 1. The Hall–Kier alpha value is -1.98. The summed E-state index contributed by atoms with van der Waals surface area (Å²) in [6.45, 7) is 2.02. The lowest BCUT2D eigenvalue weighted by Gasteiger charge is -2.21. The topological polar surface area (TPSA) is 33.5 Å². The molecule has 0 fully saturated rings. The van der Waals surface area contributed by atoms with E-state index in [2.05, 4.69) is 5.32 Å². The standard InChI is InChI=1S/C17H17ClF2N2O/c1-11(17(23)21-13-8-6-12(19)7-9-13)22(2)10-14-15(18)4-3-5-16(14)20/h3-9,11H,10H2,1-2H3,(H,21,23)/p+1/t11-/m0/s1. The highest BCUT2D eigenvalue weighted by molar-refractivity contribution is 6.31. The van der Waals surface area contributed by atoms with Crippen LogP contribution in [0.5, 0.6) is 0 Å². The predicted octanol–water partition coefficient (Wildman–Crippen LogP) is 2.66. The van der Waals surface area contributed by atoms with E-state index in [-0.39, 0.29) is 24.1 Å². The number of benzene rings is 2. The van der Waals surface area contributed by atoms with Crippen molar-refractivity contribution in [3.63, 3.8) is 0 Å². The molecular formula is C17H18ClF2N2O+. The third-order valence-corrected chi connectivity index (χ3v) is 4.12. The van der Waals surface area contributed by atoms with E-state index < -0.39 is 6.04 Å². The molecule has 122 valence electrons. The third-order valence-electron chi connectivity index (χ3n) is 3.76. The minimum Gasteiger partial charge on any atom is -0.323 e. The molecule has 23 heavy (non-hydrogen) atoms. The second-order valence-electron chi connectivity index (χ2n) is 5.44. The second-order valence-corrected chi connectivity index (χ2v) is 5.85. The largest absolute Gasteiger partial charge is 0.323 e. The Kier molecular flexibility index (Phi) is 5.69. The summed E-state index contributed by atoms with van der Waals surface area (Å²) < 4.78 is 26.7. The molecule has 1 unspecified atom stereocenters. The number of hydrogen-bond acceptors (Lipinski definition) is 1.